The molecule has 0 saturated carbocycles. The predicted molar refractivity (Wildman–Crippen MR) is 106 cm³/mol. The highest BCUT2D eigenvalue weighted by molar-refractivity contribution is 8.00. The van der Waals surface area contributed by atoms with Crippen molar-refractivity contribution in [3.8, 4) is 0 Å². The van der Waals surface area contributed by atoms with Gasteiger partial charge in [0.1, 0.15) is 11.8 Å². The van der Waals surface area contributed by atoms with Gasteiger partial charge in [-0.3, -0.25) is 4.79 Å². The molecule has 1 atom stereocenters. The second-order valence-electron chi connectivity index (χ2n) is 6.05. The van der Waals surface area contributed by atoms with E-state index in [9.17, 15) is 4.79 Å². The van der Waals surface area contributed by atoms with Crippen LogP contribution >= 0.6 is 23.1 Å². The lowest BCUT2D eigenvalue weighted by Gasteiger charge is -2.19. The lowest BCUT2D eigenvalue weighted by Crippen LogP contribution is -2.28. The first-order valence-electron chi connectivity index (χ1n) is 8.37. The Morgan fingerprint density at radius 3 is 2.88 bits per heavy atom. The maximum atomic E-state index is 12.9. The number of hydrogen-bond donors (Lipinski definition) is 0. The lowest BCUT2D eigenvalue weighted by atomic mass is 10.1. The second kappa shape index (κ2) is 7.51. The summed E-state index contributed by atoms with van der Waals surface area (Å²) in [6, 6.07) is 15.7. The molecule has 6 heteroatoms. The third-order valence-electron chi connectivity index (χ3n) is 4.29. The molecule has 0 spiro atoms. The summed E-state index contributed by atoms with van der Waals surface area (Å²) in [5.74, 6) is 1.12. The van der Waals surface area contributed by atoms with Crippen LogP contribution in [-0.2, 0) is 4.79 Å². The van der Waals surface area contributed by atoms with Gasteiger partial charge in [-0.1, -0.05) is 24.3 Å². The molecule has 26 heavy (non-hydrogen) atoms. The maximum absolute atomic E-state index is 12.9. The maximum Gasteiger partial charge on any atom is 0.253 e. The van der Waals surface area contributed by atoms with Gasteiger partial charge < -0.3 is 4.42 Å². The van der Waals surface area contributed by atoms with Crippen LogP contribution in [-0.4, -0.2) is 22.4 Å². The molecule has 4 nitrogen and oxygen atoms in total. The summed E-state index contributed by atoms with van der Waals surface area (Å²) in [6.07, 6.45) is 2.32. The van der Waals surface area contributed by atoms with Crippen LogP contribution in [0.2, 0.25) is 0 Å². The number of thioether (sulfide) groups is 1. The number of amides is 1. The highest BCUT2D eigenvalue weighted by atomic mass is 32.2. The van der Waals surface area contributed by atoms with Crippen LogP contribution in [0, 0.1) is 6.92 Å². The Morgan fingerprint density at radius 1 is 1.27 bits per heavy atom. The zero-order valence-corrected chi connectivity index (χ0v) is 15.9. The molecule has 0 aliphatic carbocycles. The number of rotatable bonds is 5. The fourth-order valence-corrected chi connectivity index (χ4v) is 4.56. The molecule has 1 amide bonds. The standard InChI is InChI=1S/C20H18N2O2S2/c1-14-6-2-3-8-18(14)26-13-20(23)22-16(17-7-4-10-24-17)12-15(21-22)19-9-5-11-25-19/h2-11,16H,12-13H2,1H3. The number of hydrazone groups is 1. The number of carbonyl (C=O) groups is 1. The van der Waals surface area contributed by atoms with Crippen LogP contribution in [0.15, 0.2) is 74.6 Å². The summed E-state index contributed by atoms with van der Waals surface area (Å²) in [6.45, 7) is 2.06. The number of thiophene rings is 1. The van der Waals surface area contributed by atoms with Gasteiger partial charge in [0, 0.05) is 11.3 Å². The van der Waals surface area contributed by atoms with E-state index in [1.54, 1.807) is 34.4 Å². The first-order valence-corrected chi connectivity index (χ1v) is 10.2. The van der Waals surface area contributed by atoms with E-state index in [4.69, 9.17) is 4.42 Å². The molecule has 1 aliphatic rings. The molecule has 0 bridgehead atoms. The molecular formula is C20H18N2O2S2. The van der Waals surface area contributed by atoms with Crippen molar-refractivity contribution in [3.63, 3.8) is 0 Å². The van der Waals surface area contributed by atoms with Gasteiger partial charge in [0.25, 0.3) is 5.91 Å². The van der Waals surface area contributed by atoms with Crippen molar-refractivity contribution in [1.29, 1.82) is 0 Å². The Hall–Kier alpha value is -2.31. The van der Waals surface area contributed by atoms with E-state index >= 15 is 0 Å². The van der Waals surface area contributed by atoms with Gasteiger partial charge in [-0.2, -0.15) is 5.10 Å². The summed E-state index contributed by atoms with van der Waals surface area (Å²) < 4.78 is 5.57. The summed E-state index contributed by atoms with van der Waals surface area (Å²) >= 11 is 3.19. The molecule has 1 aromatic carbocycles. The van der Waals surface area contributed by atoms with Gasteiger partial charge in [-0.05, 0) is 42.1 Å². The zero-order chi connectivity index (χ0) is 17.9. The van der Waals surface area contributed by atoms with Crippen molar-refractivity contribution in [3.05, 3.63) is 76.4 Å². The van der Waals surface area contributed by atoms with E-state index in [-0.39, 0.29) is 11.9 Å². The van der Waals surface area contributed by atoms with E-state index in [0.717, 1.165) is 21.2 Å². The molecule has 3 aromatic rings. The van der Waals surface area contributed by atoms with Crippen molar-refractivity contribution in [1.82, 2.24) is 5.01 Å². The number of hydrogen-bond acceptors (Lipinski definition) is 5. The van der Waals surface area contributed by atoms with Gasteiger partial charge in [0.05, 0.1) is 22.6 Å². The largest absolute Gasteiger partial charge is 0.467 e. The number of benzene rings is 1. The Labute approximate surface area is 160 Å². The van der Waals surface area contributed by atoms with Crippen LogP contribution in [0.25, 0.3) is 0 Å². The molecule has 0 fully saturated rings. The normalized spacial score (nSPS) is 16.7. The zero-order valence-electron chi connectivity index (χ0n) is 14.3. The summed E-state index contributed by atoms with van der Waals surface area (Å²) in [7, 11) is 0. The van der Waals surface area contributed by atoms with Crippen LogP contribution in [0.3, 0.4) is 0 Å². The van der Waals surface area contributed by atoms with Gasteiger partial charge in [0.2, 0.25) is 0 Å². The molecule has 3 heterocycles. The van der Waals surface area contributed by atoms with E-state index in [0.29, 0.717) is 12.2 Å². The van der Waals surface area contributed by atoms with Crippen LogP contribution in [0.1, 0.15) is 28.7 Å². The molecular weight excluding hydrogens is 364 g/mol. The molecule has 0 saturated heterocycles. The first kappa shape index (κ1) is 17.1. The van der Waals surface area contributed by atoms with E-state index in [1.807, 2.05) is 47.8 Å². The molecule has 0 radical (unpaired) electrons. The SMILES string of the molecule is Cc1ccccc1SCC(=O)N1N=C(c2cccs2)CC1c1ccco1. The van der Waals surface area contributed by atoms with Gasteiger partial charge in [0.15, 0.2) is 0 Å². The van der Waals surface area contributed by atoms with Crippen molar-refractivity contribution in [2.75, 3.05) is 5.75 Å². The van der Waals surface area contributed by atoms with Gasteiger partial charge >= 0.3 is 0 Å². The molecule has 1 aliphatic heterocycles. The van der Waals surface area contributed by atoms with E-state index in [1.165, 1.54) is 5.56 Å². The Bertz CT molecular complexity index is 917. The number of nitrogens with zero attached hydrogens (tertiary/aromatic N) is 2. The average Bonchev–Trinajstić information content (AvgIpc) is 3.41. The monoisotopic (exact) mass is 382 g/mol. The fraction of sp³-hybridized carbons (Fsp3) is 0.200. The highest BCUT2D eigenvalue weighted by Gasteiger charge is 2.35. The summed E-state index contributed by atoms with van der Waals surface area (Å²) in [5, 5.41) is 8.26. The van der Waals surface area contributed by atoms with Crippen molar-refractivity contribution in [2.24, 2.45) is 5.10 Å². The second-order valence-corrected chi connectivity index (χ2v) is 8.02. The van der Waals surface area contributed by atoms with Crippen molar-refractivity contribution in [2.45, 2.75) is 24.3 Å². The number of aryl methyl sites for hydroxylation is 1. The molecule has 2 aromatic heterocycles. The topological polar surface area (TPSA) is 45.8 Å². The van der Waals surface area contributed by atoms with Crippen molar-refractivity contribution >= 4 is 34.7 Å². The van der Waals surface area contributed by atoms with Crippen LogP contribution < -0.4 is 0 Å². The number of furan rings is 1. The van der Waals surface area contributed by atoms with Gasteiger partial charge in [-0.15, -0.1) is 23.1 Å². The quantitative estimate of drug-likeness (QED) is 0.575. The fourth-order valence-electron chi connectivity index (χ4n) is 2.96. The van der Waals surface area contributed by atoms with Crippen LogP contribution in [0.5, 0.6) is 0 Å². The summed E-state index contributed by atoms with van der Waals surface area (Å²) in [5.41, 5.74) is 2.12. The Kier molecular flexibility index (Phi) is 4.95. The van der Waals surface area contributed by atoms with Gasteiger partial charge in [-0.25, -0.2) is 5.01 Å². The smallest absolute Gasteiger partial charge is 0.253 e. The van der Waals surface area contributed by atoms with Crippen molar-refractivity contribution < 1.29 is 9.21 Å². The number of carbonyl (C=O) groups excluding carboxylic acids is 1. The molecule has 132 valence electrons. The van der Waals surface area contributed by atoms with Crippen LogP contribution in [0.4, 0.5) is 0 Å². The summed E-state index contributed by atoms with van der Waals surface area (Å²) in [4.78, 5) is 15.1. The van der Waals surface area contributed by atoms with E-state index < -0.39 is 0 Å². The first-order chi connectivity index (χ1) is 12.7. The molecule has 0 N–H and O–H groups in total. The third-order valence-corrected chi connectivity index (χ3v) is 6.37. The predicted octanol–water partition coefficient (Wildman–Crippen LogP) is 5.12. The average molecular weight is 383 g/mol. The highest BCUT2D eigenvalue weighted by Crippen LogP contribution is 2.35. The minimum atomic E-state index is -0.174. The molecule has 1 unspecified atom stereocenters. The third kappa shape index (κ3) is 3.48. The minimum absolute atomic E-state index is 0.00814. The van der Waals surface area contributed by atoms with E-state index in [2.05, 4.69) is 18.1 Å². The lowest BCUT2D eigenvalue weighted by molar-refractivity contribution is -0.130. The Morgan fingerprint density at radius 2 is 2.15 bits per heavy atom. The Balaban J connectivity index is 1.54. The molecule has 4 rings (SSSR count). The minimum Gasteiger partial charge on any atom is -0.467 e.